The van der Waals surface area contributed by atoms with E-state index in [4.69, 9.17) is 4.74 Å². The van der Waals surface area contributed by atoms with E-state index >= 15 is 0 Å². The number of ketones is 1. The molecule has 0 fully saturated rings. The Bertz CT molecular complexity index is 407. The monoisotopic (exact) mass is 204 g/mol. The van der Waals surface area contributed by atoms with Gasteiger partial charge in [-0.3, -0.25) is 4.79 Å². The highest BCUT2D eigenvalue weighted by molar-refractivity contribution is 6.04. The van der Waals surface area contributed by atoms with Crippen LogP contribution in [0, 0.1) is 12.8 Å². The first-order valence-electron chi connectivity index (χ1n) is 5.44. The fourth-order valence-corrected chi connectivity index (χ4v) is 2.18. The summed E-state index contributed by atoms with van der Waals surface area (Å²) in [5.41, 5.74) is 3.20. The lowest BCUT2D eigenvalue weighted by atomic mass is 10.0. The predicted molar refractivity (Wildman–Crippen MR) is 59.5 cm³/mol. The molecule has 1 aromatic rings. The third kappa shape index (κ3) is 1.54. The minimum Gasteiger partial charge on any atom is -0.493 e. The maximum atomic E-state index is 12.0. The van der Waals surface area contributed by atoms with Crippen molar-refractivity contribution in [2.24, 2.45) is 5.92 Å². The van der Waals surface area contributed by atoms with Crippen molar-refractivity contribution in [3.05, 3.63) is 28.8 Å². The molecule has 0 radical (unpaired) electrons. The molecule has 2 heteroatoms. The molecule has 1 aliphatic rings. The highest BCUT2D eigenvalue weighted by Crippen LogP contribution is 2.35. The average Bonchev–Trinajstić information content (AvgIpc) is 2.50. The van der Waals surface area contributed by atoms with Crippen LogP contribution in [-0.2, 0) is 6.42 Å². The van der Waals surface area contributed by atoms with Gasteiger partial charge in [-0.15, -0.1) is 0 Å². The molecule has 0 saturated heterocycles. The maximum absolute atomic E-state index is 12.0. The molecule has 1 aromatic carbocycles. The molecule has 0 bridgehead atoms. The number of fused-ring (bicyclic) bond motifs is 1. The fourth-order valence-electron chi connectivity index (χ4n) is 2.18. The first-order chi connectivity index (χ1) is 7.15. The molecule has 0 heterocycles. The van der Waals surface area contributed by atoms with Gasteiger partial charge in [0.2, 0.25) is 0 Å². The van der Waals surface area contributed by atoms with Crippen molar-refractivity contribution < 1.29 is 9.53 Å². The minimum absolute atomic E-state index is 0.111. The second-order valence-corrected chi connectivity index (χ2v) is 4.14. The van der Waals surface area contributed by atoms with Gasteiger partial charge in [-0.05, 0) is 37.5 Å². The second kappa shape index (κ2) is 3.69. The molecule has 15 heavy (non-hydrogen) atoms. The van der Waals surface area contributed by atoms with Gasteiger partial charge in [0.15, 0.2) is 5.78 Å². The Balaban J connectivity index is 2.55. The zero-order valence-corrected chi connectivity index (χ0v) is 9.46. The molecule has 0 amide bonds. The van der Waals surface area contributed by atoms with Crippen LogP contribution in [0.2, 0.25) is 0 Å². The van der Waals surface area contributed by atoms with Gasteiger partial charge in [0.05, 0.1) is 12.2 Å². The molecule has 80 valence electrons. The van der Waals surface area contributed by atoms with Gasteiger partial charge in [-0.1, -0.05) is 13.0 Å². The van der Waals surface area contributed by atoms with Crippen LogP contribution in [-0.4, -0.2) is 12.4 Å². The highest BCUT2D eigenvalue weighted by Gasteiger charge is 2.31. The molecule has 0 saturated carbocycles. The molecule has 2 nitrogen and oxygen atoms in total. The Labute approximate surface area is 90.3 Å². The van der Waals surface area contributed by atoms with Crippen LogP contribution < -0.4 is 4.74 Å². The van der Waals surface area contributed by atoms with E-state index in [1.807, 2.05) is 26.0 Å². The number of Topliss-reactive ketones (excluding diaryl/α,β-unsaturated/α-hetero) is 1. The van der Waals surface area contributed by atoms with E-state index in [1.165, 1.54) is 11.1 Å². The zero-order valence-electron chi connectivity index (χ0n) is 9.46. The summed E-state index contributed by atoms with van der Waals surface area (Å²) >= 11 is 0. The Morgan fingerprint density at radius 1 is 1.47 bits per heavy atom. The number of hydrogen-bond acceptors (Lipinski definition) is 2. The van der Waals surface area contributed by atoms with E-state index in [1.54, 1.807) is 0 Å². The zero-order chi connectivity index (χ0) is 11.0. The van der Waals surface area contributed by atoms with Crippen LogP contribution in [0.4, 0.5) is 0 Å². The fraction of sp³-hybridized carbons (Fsp3) is 0.462. The number of carbonyl (C=O) groups is 1. The lowest BCUT2D eigenvalue weighted by Crippen LogP contribution is -2.05. The number of ether oxygens (including phenoxy) is 1. The van der Waals surface area contributed by atoms with E-state index in [0.717, 1.165) is 17.7 Å². The van der Waals surface area contributed by atoms with Crippen molar-refractivity contribution in [2.45, 2.75) is 27.2 Å². The SMILES string of the molecule is CCOc1ccc(C)c2c1C(=O)C(C)C2. The summed E-state index contributed by atoms with van der Waals surface area (Å²) in [6.45, 7) is 6.59. The van der Waals surface area contributed by atoms with E-state index < -0.39 is 0 Å². The van der Waals surface area contributed by atoms with Crippen LogP contribution in [0.1, 0.15) is 35.3 Å². The summed E-state index contributed by atoms with van der Waals surface area (Å²) in [4.78, 5) is 12.0. The average molecular weight is 204 g/mol. The van der Waals surface area contributed by atoms with Crippen molar-refractivity contribution >= 4 is 5.78 Å². The van der Waals surface area contributed by atoms with Crippen LogP contribution in [0.25, 0.3) is 0 Å². The molecule has 0 aromatic heterocycles. The van der Waals surface area contributed by atoms with Crippen LogP contribution in [0.15, 0.2) is 12.1 Å². The van der Waals surface area contributed by atoms with E-state index in [2.05, 4.69) is 6.92 Å². The highest BCUT2D eigenvalue weighted by atomic mass is 16.5. The smallest absolute Gasteiger partial charge is 0.170 e. The molecule has 1 unspecified atom stereocenters. The summed E-state index contributed by atoms with van der Waals surface area (Å²) < 4.78 is 5.50. The Hall–Kier alpha value is -1.31. The van der Waals surface area contributed by atoms with E-state index in [0.29, 0.717) is 6.61 Å². The van der Waals surface area contributed by atoms with Crippen molar-refractivity contribution in [2.75, 3.05) is 6.61 Å². The summed E-state index contributed by atoms with van der Waals surface area (Å²) in [7, 11) is 0. The van der Waals surface area contributed by atoms with Crippen LogP contribution in [0.3, 0.4) is 0 Å². The molecule has 0 aliphatic heterocycles. The molecular formula is C13H16O2. The number of hydrogen-bond donors (Lipinski definition) is 0. The standard InChI is InChI=1S/C13H16O2/c1-4-15-11-6-5-8(2)10-7-9(3)13(14)12(10)11/h5-6,9H,4,7H2,1-3H3. The third-order valence-corrected chi connectivity index (χ3v) is 3.01. The minimum atomic E-state index is 0.111. The summed E-state index contributed by atoms with van der Waals surface area (Å²) in [5, 5.41) is 0. The van der Waals surface area contributed by atoms with Gasteiger partial charge in [0, 0.05) is 5.92 Å². The largest absolute Gasteiger partial charge is 0.493 e. The number of aryl methyl sites for hydroxylation is 1. The Morgan fingerprint density at radius 2 is 2.20 bits per heavy atom. The Morgan fingerprint density at radius 3 is 2.87 bits per heavy atom. The predicted octanol–water partition coefficient (Wildman–Crippen LogP) is 2.77. The van der Waals surface area contributed by atoms with E-state index in [-0.39, 0.29) is 11.7 Å². The number of carbonyl (C=O) groups excluding carboxylic acids is 1. The quantitative estimate of drug-likeness (QED) is 0.740. The normalized spacial score (nSPS) is 19.1. The summed E-state index contributed by atoms with van der Waals surface area (Å²) in [6, 6.07) is 3.95. The van der Waals surface area contributed by atoms with Gasteiger partial charge < -0.3 is 4.74 Å². The van der Waals surface area contributed by atoms with Gasteiger partial charge in [0.25, 0.3) is 0 Å². The van der Waals surface area contributed by atoms with Gasteiger partial charge in [0.1, 0.15) is 5.75 Å². The van der Waals surface area contributed by atoms with Gasteiger partial charge >= 0.3 is 0 Å². The van der Waals surface area contributed by atoms with Gasteiger partial charge in [-0.25, -0.2) is 0 Å². The first kappa shape index (κ1) is 10.2. The van der Waals surface area contributed by atoms with Crippen LogP contribution in [0.5, 0.6) is 5.75 Å². The lowest BCUT2D eigenvalue weighted by Gasteiger charge is -2.09. The molecule has 0 N–H and O–H groups in total. The summed E-state index contributed by atoms with van der Waals surface area (Å²) in [6.07, 6.45) is 0.862. The van der Waals surface area contributed by atoms with Crippen LogP contribution >= 0.6 is 0 Å². The molecular weight excluding hydrogens is 188 g/mol. The lowest BCUT2D eigenvalue weighted by molar-refractivity contribution is 0.0943. The van der Waals surface area contributed by atoms with Crippen molar-refractivity contribution in [3.8, 4) is 5.75 Å². The first-order valence-corrected chi connectivity index (χ1v) is 5.44. The molecule has 0 spiro atoms. The Kier molecular flexibility index (Phi) is 2.51. The third-order valence-electron chi connectivity index (χ3n) is 3.01. The molecule has 1 atom stereocenters. The van der Waals surface area contributed by atoms with Crippen molar-refractivity contribution in [1.82, 2.24) is 0 Å². The summed E-state index contributed by atoms with van der Waals surface area (Å²) in [5.74, 6) is 1.10. The van der Waals surface area contributed by atoms with Gasteiger partial charge in [-0.2, -0.15) is 0 Å². The van der Waals surface area contributed by atoms with Crippen molar-refractivity contribution in [1.29, 1.82) is 0 Å². The number of rotatable bonds is 2. The maximum Gasteiger partial charge on any atom is 0.170 e. The molecule has 1 aliphatic carbocycles. The number of benzene rings is 1. The second-order valence-electron chi connectivity index (χ2n) is 4.14. The van der Waals surface area contributed by atoms with Crippen molar-refractivity contribution in [3.63, 3.8) is 0 Å². The topological polar surface area (TPSA) is 26.3 Å². The van der Waals surface area contributed by atoms with E-state index in [9.17, 15) is 4.79 Å². The molecule has 2 rings (SSSR count).